The normalized spacial score (nSPS) is 0.875. The molecule has 0 spiro atoms. The van der Waals surface area contributed by atoms with Gasteiger partial charge in [0, 0.05) is 0 Å². The Morgan fingerprint density at radius 1 is 0.500 bits per heavy atom. The third-order valence-corrected chi connectivity index (χ3v) is 0. The van der Waals surface area contributed by atoms with E-state index in [1.165, 1.54) is 0 Å². The molecule has 0 rings (SSSR count). The van der Waals surface area contributed by atoms with Crippen LogP contribution in [0.4, 0.5) is 0 Å². The van der Waals surface area contributed by atoms with E-state index >= 15 is 0 Å². The molecule has 0 unspecified atom stereocenters. The molecule has 12 N–H and O–H groups in total. The summed E-state index contributed by atoms with van der Waals surface area (Å²) in [7, 11) is 0. The molecule has 0 aliphatic rings. The van der Waals surface area contributed by atoms with Crippen LogP contribution >= 0.6 is 6.31 Å². The van der Waals surface area contributed by atoms with Crippen LogP contribution in [0.3, 0.4) is 0 Å². The summed E-state index contributed by atoms with van der Waals surface area (Å²) in [6.45, 7) is 0. The molecular formula is H12ClDyO6. The van der Waals surface area contributed by atoms with Crippen LogP contribution in [0.5, 0.6) is 0 Å². The van der Waals surface area contributed by atoms with Gasteiger partial charge in [-0.2, -0.15) is 0 Å². The third-order valence-electron chi connectivity index (χ3n) is 0. The Morgan fingerprint density at radius 2 is 0.500 bits per heavy atom. The van der Waals surface area contributed by atoms with Crippen LogP contribution in [0.15, 0.2) is 0 Å². The van der Waals surface area contributed by atoms with Crippen molar-refractivity contribution in [2.45, 2.75) is 0 Å². The Bertz CT molecular complexity index is 8.49. The van der Waals surface area contributed by atoms with Crippen molar-refractivity contribution in [3.63, 3.8) is 0 Å². The fourth-order valence-electron chi connectivity index (χ4n) is 0. The minimum absolute atomic E-state index is 0. The van der Waals surface area contributed by atoms with Crippen molar-refractivity contribution in [2.24, 2.45) is 0 Å². The Hall–Kier alpha value is 1.32. The van der Waals surface area contributed by atoms with Gasteiger partial charge in [0.2, 0.25) is 0 Å². The van der Waals surface area contributed by atoms with Crippen molar-refractivity contribution in [3.8, 4) is 0 Å². The van der Waals surface area contributed by atoms with E-state index in [-0.39, 0.29) is 32.9 Å². The van der Waals surface area contributed by atoms with Crippen molar-refractivity contribution in [1.82, 2.24) is 0 Å². The van der Waals surface area contributed by atoms with Gasteiger partial charge in [0.25, 0.3) is 0 Å². The molecule has 0 aromatic carbocycles. The SMILES string of the molecule is O.O.O.O.O.O.[Cl][Dy]. The van der Waals surface area contributed by atoms with Crippen molar-refractivity contribution in [1.29, 1.82) is 0 Å². The third kappa shape index (κ3) is 167. The topological polar surface area (TPSA) is 189 Å². The molecule has 0 amide bonds. The molecule has 8 heteroatoms. The zero-order valence-electron chi connectivity index (χ0n) is 3.69. The van der Waals surface area contributed by atoms with Gasteiger partial charge >= 0.3 is 41.0 Å². The molecular weight excluding hydrogens is 294 g/mol. The molecule has 0 aliphatic carbocycles. The second-order valence-electron chi connectivity index (χ2n) is 0. The summed E-state index contributed by atoms with van der Waals surface area (Å²) in [5.74, 6) is 0. The summed E-state index contributed by atoms with van der Waals surface area (Å²) in [4.78, 5) is 0. The Kier molecular flexibility index (Phi) is 3820. The molecule has 0 saturated carbocycles. The number of halogens is 1. The fourth-order valence-corrected chi connectivity index (χ4v) is 0. The summed E-state index contributed by atoms with van der Waals surface area (Å²) in [6, 6.07) is 0. The van der Waals surface area contributed by atoms with Crippen LogP contribution in [0, 0.1) is 34.7 Å². The second-order valence-corrected chi connectivity index (χ2v) is 0. The first kappa shape index (κ1) is 120. The van der Waals surface area contributed by atoms with Crippen molar-refractivity contribution in [2.75, 3.05) is 0 Å². The molecule has 8 heavy (non-hydrogen) atoms. The van der Waals surface area contributed by atoms with Crippen molar-refractivity contribution >= 4 is 6.31 Å². The van der Waals surface area contributed by atoms with E-state index in [1.807, 2.05) is 0 Å². The van der Waals surface area contributed by atoms with Gasteiger partial charge < -0.3 is 32.9 Å². The molecule has 0 aromatic heterocycles. The van der Waals surface area contributed by atoms with Gasteiger partial charge in [-0.05, 0) is 0 Å². The molecule has 0 saturated heterocycles. The molecule has 0 fully saturated rings. The predicted octanol–water partition coefficient (Wildman–Crippen LogP) is -4.26. The quantitative estimate of drug-likeness (QED) is 0.419. The zero-order chi connectivity index (χ0) is 2.00. The van der Waals surface area contributed by atoms with E-state index in [0.29, 0.717) is 0 Å². The fraction of sp³-hybridized carbons (Fsp3) is 0. The second kappa shape index (κ2) is 255. The van der Waals surface area contributed by atoms with Crippen LogP contribution < -0.4 is 0 Å². The van der Waals surface area contributed by atoms with Crippen LogP contribution in [0.2, 0.25) is 0 Å². The van der Waals surface area contributed by atoms with E-state index in [0.717, 1.165) is 0 Å². The first-order valence-electron chi connectivity index (χ1n) is 0.120. The van der Waals surface area contributed by atoms with E-state index in [2.05, 4.69) is 6.31 Å². The monoisotopic (exact) mass is 307 g/mol. The van der Waals surface area contributed by atoms with Gasteiger partial charge in [0.05, 0.1) is 0 Å². The Morgan fingerprint density at radius 3 is 0.500 bits per heavy atom. The molecule has 0 bridgehead atoms. The van der Waals surface area contributed by atoms with E-state index < -0.39 is 0 Å². The van der Waals surface area contributed by atoms with Gasteiger partial charge in [-0.1, -0.05) is 0 Å². The molecule has 0 heterocycles. The number of rotatable bonds is 0. The number of hydrogen-bond donors (Lipinski definition) is 0. The summed E-state index contributed by atoms with van der Waals surface area (Å²) in [5.41, 5.74) is 0. The average molecular weight is 306 g/mol. The van der Waals surface area contributed by atoms with Gasteiger partial charge in [-0.25, -0.2) is 0 Å². The number of hydrogen-bond acceptors (Lipinski definition) is 0. The molecule has 0 aromatic rings. The van der Waals surface area contributed by atoms with E-state index in [1.54, 1.807) is 34.7 Å². The predicted molar refractivity (Wildman–Crippen MR) is 27.5 cm³/mol. The van der Waals surface area contributed by atoms with Crippen LogP contribution in [0.25, 0.3) is 0 Å². The molecule has 65 valence electrons. The van der Waals surface area contributed by atoms with Crippen LogP contribution in [-0.2, 0) is 0 Å². The van der Waals surface area contributed by atoms with Crippen molar-refractivity contribution < 1.29 is 67.6 Å². The average Bonchev–Trinajstić information content (AvgIpc) is 1.00. The van der Waals surface area contributed by atoms with Gasteiger partial charge in [0.15, 0.2) is 0 Å². The summed E-state index contributed by atoms with van der Waals surface area (Å²) in [6.07, 6.45) is 4.61. The molecule has 6 nitrogen and oxygen atoms in total. The molecule has 0 atom stereocenters. The minimum atomic E-state index is 0. The maximum absolute atomic E-state index is 4.61. The van der Waals surface area contributed by atoms with E-state index in [9.17, 15) is 0 Å². The van der Waals surface area contributed by atoms with Gasteiger partial charge in [-0.15, -0.1) is 0 Å². The molecule has 0 radical (unpaired) electrons. The van der Waals surface area contributed by atoms with E-state index in [4.69, 9.17) is 0 Å². The summed E-state index contributed by atoms with van der Waals surface area (Å²) < 4.78 is 0. The van der Waals surface area contributed by atoms with Crippen LogP contribution in [-0.4, -0.2) is 32.9 Å². The van der Waals surface area contributed by atoms with Crippen molar-refractivity contribution in [3.05, 3.63) is 0 Å². The molecule has 0 aliphatic heterocycles. The maximum atomic E-state index is 4.61. The van der Waals surface area contributed by atoms with Gasteiger partial charge in [0.1, 0.15) is 0 Å². The summed E-state index contributed by atoms with van der Waals surface area (Å²) in [5, 5.41) is 0. The first-order chi connectivity index (χ1) is 1.00. The standard InChI is InChI=1S/ClH.Dy.6H2O/h1H;;6*1H2/q;+1;;;;;;/p-1. The van der Waals surface area contributed by atoms with Gasteiger partial charge in [-0.3, -0.25) is 0 Å². The first-order valence-corrected chi connectivity index (χ1v) is 2.66. The zero-order valence-corrected chi connectivity index (χ0v) is 6.48. The Labute approximate surface area is 73.4 Å². The Balaban J connectivity index is -0.000000000333. The van der Waals surface area contributed by atoms with Crippen LogP contribution in [0.1, 0.15) is 0 Å². The summed E-state index contributed by atoms with van der Waals surface area (Å²) >= 11 is 1.61.